The van der Waals surface area contributed by atoms with Gasteiger partial charge in [0.15, 0.2) is 21.8 Å². The van der Waals surface area contributed by atoms with Crippen LogP contribution in [0.4, 0.5) is 0 Å². The van der Waals surface area contributed by atoms with Crippen LogP contribution in [0.2, 0.25) is 32.2 Å². The molecule has 542 valence electrons. The van der Waals surface area contributed by atoms with Gasteiger partial charge in [0.25, 0.3) is 0 Å². The zero-order valence-corrected chi connectivity index (χ0v) is 62.7. The summed E-state index contributed by atoms with van der Waals surface area (Å²) in [5.74, 6) is -2.59. The molecule has 0 radical (unpaired) electrons. The van der Waals surface area contributed by atoms with Gasteiger partial charge in [-0.1, -0.05) is 109 Å². The summed E-state index contributed by atoms with van der Waals surface area (Å²) >= 11 is 1.48. The fourth-order valence-electron chi connectivity index (χ4n) is 10.9. The van der Waals surface area contributed by atoms with Gasteiger partial charge in [-0.15, -0.1) is 0 Å². The van der Waals surface area contributed by atoms with E-state index in [4.69, 9.17) is 43.4 Å². The van der Waals surface area contributed by atoms with E-state index >= 15 is 0 Å². The summed E-state index contributed by atoms with van der Waals surface area (Å²) in [7, 11) is 2.09. The van der Waals surface area contributed by atoms with Crippen molar-refractivity contribution in [2.75, 3.05) is 119 Å². The number of unbranched alkanes of at least 4 members (excludes halogenated alkanes) is 1. The molecule has 1 aliphatic rings. The molecule has 3 rings (SSSR count). The van der Waals surface area contributed by atoms with Crippen LogP contribution in [0.15, 0.2) is 53.0 Å². The summed E-state index contributed by atoms with van der Waals surface area (Å²) in [6.07, 6.45) is 4.97. The van der Waals surface area contributed by atoms with Crippen LogP contribution >= 0.6 is 11.8 Å². The molecule has 2 aromatic rings. The molecule has 10 atom stereocenters. The van der Waals surface area contributed by atoms with Crippen LogP contribution in [0, 0.1) is 23.7 Å². The lowest BCUT2D eigenvalue weighted by Gasteiger charge is -2.41. The Morgan fingerprint density at radius 2 is 1.32 bits per heavy atom. The molecule has 5 amide bonds. The molecule has 0 saturated carbocycles. The molecule has 0 bridgehead atoms. The first-order chi connectivity index (χ1) is 45.0. The number of likely N-dealkylation sites (tertiary alicyclic amines) is 1. The molecule has 29 heteroatoms. The summed E-state index contributed by atoms with van der Waals surface area (Å²) in [5.41, 5.74) is 9.71. The Morgan fingerprint density at radius 3 is 1.81 bits per heavy atom. The molecule has 5 N–H and O–H groups in total. The second-order valence-corrected chi connectivity index (χ2v) is 35.8. The molecule has 2 heterocycles. The number of likely N-dealkylation sites (N-methyl/N-ethyl adjacent to an activating group) is 2. The standard InChI is InChI=1S/C46H81N5O9Si.C20H37N5O7SSi/c1-15-31(6)41(50(10)46(57)39(29(2)3)48-45(56)40(30(4)5)49(9)37(52)25-19-20-27-61(13,14)58)36(59-11)28-38(53)51-26-21-24-35(51)43(60-12)32(7)44(55)47-33(8)42(54)34-22-17-16-18-23-34;1-34(2,26)18-33-20-22-15-19(16-23-20)17-32-14-13-31-12-11-30-10-9-29-8-7-28-6-5-27-4-3-24-25-21/h16-18,22-23,29-33,35-36,39-43,54,58H,15,19-21,24-28H2,1-14H3,(H,47,55)(H,48,56);15-16,26H,3-14,17-18H2,1-2H3/t31-,32+,33+,35-,36+,39-,40-,41-,42+,43+;/m1./s1. The normalized spacial score (nSPS) is 16.3. The molecule has 95 heavy (non-hydrogen) atoms. The van der Waals surface area contributed by atoms with E-state index in [9.17, 15) is 38.7 Å². The van der Waals surface area contributed by atoms with E-state index in [2.05, 4.69) is 30.6 Å². The number of methoxy groups -OCH3 is 2. The maximum absolute atomic E-state index is 14.5. The van der Waals surface area contributed by atoms with E-state index in [0.717, 1.165) is 18.4 Å². The molecule has 1 saturated heterocycles. The van der Waals surface area contributed by atoms with Gasteiger partial charge in [0, 0.05) is 76.1 Å². The van der Waals surface area contributed by atoms with Crippen LogP contribution in [0.25, 0.3) is 10.4 Å². The van der Waals surface area contributed by atoms with Crippen molar-refractivity contribution in [3.63, 3.8) is 0 Å². The van der Waals surface area contributed by atoms with Crippen molar-refractivity contribution in [3.8, 4) is 0 Å². The summed E-state index contributed by atoms with van der Waals surface area (Å²) in [5, 5.41) is 21.5. The van der Waals surface area contributed by atoms with Gasteiger partial charge in [0.1, 0.15) is 12.1 Å². The van der Waals surface area contributed by atoms with E-state index < -0.39 is 70.9 Å². The monoisotopic (exact) mass is 1390 g/mol. The van der Waals surface area contributed by atoms with Crippen molar-refractivity contribution in [1.29, 1.82) is 0 Å². The second-order valence-electron chi connectivity index (χ2n) is 26.2. The molecule has 1 aromatic heterocycles. The average molecular weight is 1400 g/mol. The third kappa shape index (κ3) is 34.1. The number of benzene rings is 1. The van der Waals surface area contributed by atoms with Gasteiger partial charge in [-0.3, -0.25) is 24.0 Å². The fraction of sp³-hybridized carbons (Fsp3) is 0.773. The highest BCUT2D eigenvalue weighted by Crippen LogP contribution is 2.31. The van der Waals surface area contributed by atoms with Crippen LogP contribution in [0.3, 0.4) is 0 Å². The van der Waals surface area contributed by atoms with Crippen LogP contribution in [-0.2, 0) is 68.5 Å². The van der Waals surface area contributed by atoms with Gasteiger partial charge >= 0.3 is 0 Å². The van der Waals surface area contributed by atoms with Crippen molar-refractivity contribution in [2.45, 2.75) is 193 Å². The maximum Gasteiger partial charge on any atom is 0.245 e. The third-order valence-corrected chi connectivity index (χ3v) is 21.8. The second kappa shape index (κ2) is 47.3. The van der Waals surface area contributed by atoms with E-state index in [-0.39, 0.29) is 60.3 Å². The smallest absolute Gasteiger partial charge is 0.245 e. The summed E-state index contributed by atoms with van der Waals surface area (Å²) in [4.78, 5) is 106. The highest BCUT2D eigenvalue weighted by Gasteiger charge is 2.44. The van der Waals surface area contributed by atoms with Crippen LogP contribution in [0.1, 0.15) is 118 Å². The van der Waals surface area contributed by atoms with Crippen molar-refractivity contribution >= 4 is 57.9 Å². The summed E-state index contributed by atoms with van der Waals surface area (Å²) in [6.45, 7) is 29.1. The maximum atomic E-state index is 14.5. The van der Waals surface area contributed by atoms with Crippen molar-refractivity contribution in [3.05, 3.63) is 64.3 Å². The lowest BCUT2D eigenvalue weighted by atomic mass is 9.89. The van der Waals surface area contributed by atoms with Crippen molar-refractivity contribution < 1.29 is 76.6 Å². The number of amides is 5. The number of thioether (sulfide) groups is 1. The number of azide groups is 1. The lowest BCUT2D eigenvalue weighted by molar-refractivity contribution is -0.148. The van der Waals surface area contributed by atoms with Crippen molar-refractivity contribution in [2.24, 2.45) is 28.8 Å². The Morgan fingerprint density at radius 1 is 0.758 bits per heavy atom. The zero-order chi connectivity index (χ0) is 71.1. The number of nitrogens with one attached hydrogen (secondary N) is 2. The third-order valence-electron chi connectivity index (χ3n) is 16.4. The SMILES string of the molecule is CC[C@@H](C)[C@H]([C@H](CC(=O)N1CCC[C@@H]1[C@@H](OC)[C@H](C)C(=O)N[C@@H](C)[C@H](O)c1ccccc1)OC)N(C)C(=O)[C@H](NC(=O)[C@@H](C(C)C)N(C)C(=O)CCCC[Si](C)(C)O)C(C)C.C[Si](C)(O)CSc1ncc(COCCOCCOCCOCCOCCOCCN=[N+]=[N-])cn1. The topological polar surface area (TPSA) is 328 Å². The molecule has 1 aromatic carbocycles. The van der Waals surface area contributed by atoms with Gasteiger partial charge in [-0.2, -0.15) is 0 Å². The predicted octanol–water partition coefficient (Wildman–Crippen LogP) is 7.35. The summed E-state index contributed by atoms with van der Waals surface area (Å²) < 4.78 is 44.4. The molecule has 1 fully saturated rings. The Hall–Kier alpha value is -4.70. The van der Waals surface area contributed by atoms with Gasteiger partial charge in [0.2, 0.25) is 29.5 Å². The van der Waals surface area contributed by atoms with Gasteiger partial charge < -0.3 is 77.9 Å². The molecule has 1 aliphatic heterocycles. The minimum absolute atomic E-state index is 0.0179. The van der Waals surface area contributed by atoms with Crippen molar-refractivity contribution in [1.82, 2.24) is 35.3 Å². The fourth-order valence-corrected chi connectivity index (χ4v) is 14.2. The Labute approximate surface area is 572 Å². The minimum Gasteiger partial charge on any atom is -0.432 e. The molecule has 0 spiro atoms. The number of ether oxygens (including phenoxy) is 8. The number of nitrogens with zero attached hydrogens (tertiary/aromatic N) is 8. The van der Waals surface area contributed by atoms with Gasteiger partial charge in [-0.25, -0.2) is 9.97 Å². The number of rotatable bonds is 48. The molecule has 26 nitrogen and oxygen atoms in total. The molecular weight excluding hydrogens is 1280 g/mol. The number of aromatic nitrogens is 2. The first-order valence-electron chi connectivity index (χ1n) is 33.6. The Balaban J connectivity index is 0.000000762. The highest BCUT2D eigenvalue weighted by molar-refractivity contribution is 8.00. The van der Waals surface area contributed by atoms with Crippen LogP contribution in [0.5, 0.6) is 0 Å². The molecule has 0 aliphatic carbocycles. The number of carbonyl (C=O) groups is 5. The number of carbonyl (C=O) groups excluding carboxylic acids is 5. The van der Waals surface area contributed by atoms with E-state index in [1.54, 1.807) is 57.2 Å². The van der Waals surface area contributed by atoms with E-state index in [0.29, 0.717) is 134 Å². The molecule has 0 unspecified atom stereocenters. The zero-order valence-electron chi connectivity index (χ0n) is 59.9. The average Bonchev–Trinajstić information content (AvgIpc) is 1.84. The van der Waals surface area contributed by atoms with Crippen LogP contribution in [-0.4, -0.2) is 247 Å². The highest BCUT2D eigenvalue weighted by atomic mass is 32.2. The largest absolute Gasteiger partial charge is 0.432 e. The van der Waals surface area contributed by atoms with Crippen LogP contribution < -0.4 is 10.6 Å². The number of aliphatic hydroxyl groups is 1. The Bertz CT molecular complexity index is 2520. The number of aliphatic hydroxyl groups excluding tert-OH is 1. The minimum atomic E-state index is -2.21. The lowest BCUT2D eigenvalue weighted by Crippen LogP contribution is -2.60. The first kappa shape index (κ1) is 86.4. The van der Waals surface area contributed by atoms with E-state index in [1.807, 2.05) is 98.1 Å². The predicted molar refractivity (Wildman–Crippen MR) is 372 cm³/mol. The molecular formula is C66H118N10O16SSi2. The number of hydrogen-bond donors (Lipinski definition) is 5. The first-order valence-corrected chi connectivity index (χ1v) is 40.9. The summed E-state index contributed by atoms with van der Waals surface area (Å²) in [6, 6.07) is 6.68. The quantitative estimate of drug-likeness (QED) is 0.00822. The Kier molecular flexibility index (Phi) is 43.0. The number of hydrogen-bond acceptors (Lipinski definition) is 20. The van der Waals surface area contributed by atoms with Gasteiger partial charge in [-0.05, 0) is 87.3 Å². The van der Waals surface area contributed by atoms with Gasteiger partial charge in [0.05, 0.1) is 128 Å². The van der Waals surface area contributed by atoms with E-state index in [1.165, 1.54) is 23.8 Å².